The second-order valence-electron chi connectivity index (χ2n) is 6.57. The largest absolute Gasteiger partial charge is 0.479 e. The number of rotatable bonds is 1. The first-order chi connectivity index (χ1) is 10.7. The molecule has 5 N–H and O–H groups in total. The van der Waals surface area contributed by atoms with Crippen LogP contribution in [0.3, 0.4) is 0 Å². The van der Waals surface area contributed by atoms with Gasteiger partial charge in [-0.1, -0.05) is 0 Å². The van der Waals surface area contributed by atoms with Gasteiger partial charge in [-0.15, -0.1) is 11.8 Å². The van der Waals surface area contributed by atoms with Crippen molar-refractivity contribution in [1.82, 2.24) is 4.90 Å². The summed E-state index contributed by atoms with van der Waals surface area (Å²) in [5.41, 5.74) is 9.55. The molecule has 0 aromatic heterocycles. The van der Waals surface area contributed by atoms with Crippen LogP contribution in [-0.2, 0) is 19.2 Å². The van der Waals surface area contributed by atoms with Gasteiger partial charge in [0.05, 0.1) is 10.8 Å². The van der Waals surface area contributed by atoms with Gasteiger partial charge in [0, 0.05) is 12.8 Å². The van der Waals surface area contributed by atoms with Gasteiger partial charge >= 0.3 is 5.97 Å². The van der Waals surface area contributed by atoms with Gasteiger partial charge in [0.2, 0.25) is 11.4 Å². The maximum Gasteiger partial charge on any atom is 0.339 e. The first-order valence-corrected chi connectivity index (χ1v) is 8.36. The number of aliphatic carboxylic acids is 1. The Labute approximate surface area is 136 Å². The van der Waals surface area contributed by atoms with E-state index in [9.17, 15) is 24.3 Å². The molecule has 0 aromatic carbocycles. The highest BCUT2D eigenvalue weighted by Gasteiger charge is 2.77. The normalized spacial score (nSPS) is 43.9. The zero-order valence-corrected chi connectivity index (χ0v) is 13.5. The molecule has 23 heavy (non-hydrogen) atoms. The maximum atomic E-state index is 13.0. The van der Waals surface area contributed by atoms with Crippen LogP contribution in [0.25, 0.3) is 0 Å². The number of Topliss-reactive ketones (excluding diaryl/α,β-unsaturated/α-hetero) is 2. The molecule has 0 radical (unpaired) electrons. The number of ketones is 2. The van der Waals surface area contributed by atoms with Crippen molar-refractivity contribution in [3.8, 4) is 0 Å². The molecule has 0 bridgehead atoms. The highest BCUT2D eigenvalue weighted by atomic mass is 32.2. The van der Waals surface area contributed by atoms with Crippen LogP contribution in [0.4, 0.5) is 0 Å². The summed E-state index contributed by atoms with van der Waals surface area (Å²) in [4.78, 5) is 50.7. The van der Waals surface area contributed by atoms with E-state index in [0.29, 0.717) is 6.42 Å². The topological polar surface area (TPSA) is 144 Å². The number of nitrogens with zero attached hydrogens (tertiary/aromatic N) is 1. The summed E-state index contributed by atoms with van der Waals surface area (Å²) in [5, 5.41) is 9.32. The minimum atomic E-state index is -2.13. The molecule has 3 rings (SSSR count). The Kier molecular flexibility index (Phi) is 3.58. The number of carboxylic acid groups (broad SMARTS) is 1. The number of β-lactam (4-membered cyclic amide) rings is 1. The summed E-state index contributed by atoms with van der Waals surface area (Å²) >= 11 is 1.13. The first-order valence-electron chi connectivity index (χ1n) is 7.48. The van der Waals surface area contributed by atoms with Crippen molar-refractivity contribution in [3.63, 3.8) is 0 Å². The predicted molar refractivity (Wildman–Crippen MR) is 81.4 cm³/mol. The molecule has 126 valence electrons. The molecule has 3 aliphatic rings. The highest BCUT2D eigenvalue weighted by molar-refractivity contribution is 8.01. The van der Waals surface area contributed by atoms with Crippen molar-refractivity contribution >= 4 is 35.2 Å². The SMILES string of the molecule is CC12CC(=O)CCCC(N)C(=O)[C@@]1(C(=O)O)N1C(=O)[C@@H](N)[C@H]1S2. The molecule has 3 fully saturated rings. The number of carboxylic acids is 1. The molecule has 1 aliphatic carbocycles. The number of carbonyl (C=O) groups excluding carboxylic acids is 3. The Balaban J connectivity index is 2.21. The molecule has 2 heterocycles. The standard InChI is InChI=1S/C14H19N3O5S/c1-13-5-6(18)3-2-4-7(15)9(19)14(13,12(21)22)17-10(20)8(16)11(17)23-13/h7-8,11H,2-5,15-16H2,1H3,(H,21,22)/t7?,8-,11-,13?,14+/m1/s1. The molecule has 1 amide bonds. The molecular weight excluding hydrogens is 322 g/mol. The smallest absolute Gasteiger partial charge is 0.339 e. The number of hydrogen-bond donors (Lipinski definition) is 3. The highest BCUT2D eigenvalue weighted by Crippen LogP contribution is 2.59. The summed E-state index contributed by atoms with van der Waals surface area (Å²) in [7, 11) is 0. The van der Waals surface area contributed by atoms with Crippen LogP contribution in [0.15, 0.2) is 0 Å². The average molecular weight is 341 g/mol. The van der Waals surface area contributed by atoms with E-state index in [4.69, 9.17) is 11.5 Å². The van der Waals surface area contributed by atoms with Crippen LogP contribution in [0.5, 0.6) is 0 Å². The third-order valence-corrected chi connectivity index (χ3v) is 6.81. The van der Waals surface area contributed by atoms with Gasteiger partial charge in [0.15, 0.2) is 5.78 Å². The number of nitrogens with two attached hydrogens (primary N) is 2. The fourth-order valence-corrected chi connectivity index (χ4v) is 5.81. The van der Waals surface area contributed by atoms with Gasteiger partial charge in [0.25, 0.3) is 0 Å². The van der Waals surface area contributed by atoms with Gasteiger partial charge in [0.1, 0.15) is 17.2 Å². The second kappa shape index (κ2) is 5.02. The van der Waals surface area contributed by atoms with Crippen LogP contribution in [0, 0.1) is 0 Å². The van der Waals surface area contributed by atoms with E-state index in [1.807, 2.05) is 0 Å². The number of fused-ring (bicyclic) bond motifs is 3. The Hall–Kier alpha value is -1.45. The van der Waals surface area contributed by atoms with Crippen LogP contribution in [-0.4, -0.2) is 61.2 Å². The Morgan fingerprint density at radius 1 is 1.35 bits per heavy atom. The van der Waals surface area contributed by atoms with Crippen LogP contribution < -0.4 is 11.5 Å². The molecule has 2 unspecified atom stereocenters. The summed E-state index contributed by atoms with van der Waals surface area (Å²) in [6, 6.07) is -1.89. The Bertz CT molecular complexity index is 626. The van der Waals surface area contributed by atoms with Crippen molar-refractivity contribution in [3.05, 3.63) is 0 Å². The van der Waals surface area contributed by atoms with Crippen molar-refractivity contribution in [1.29, 1.82) is 0 Å². The van der Waals surface area contributed by atoms with Crippen molar-refractivity contribution < 1.29 is 24.3 Å². The fourth-order valence-electron chi connectivity index (χ4n) is 3.94. The van der Waals surface area contributed by atoms with Crippen molar-refractivity contribution in [2.45, 2.75) is 60.4 Å². The number of thioether (sulfide) groups is 1. The second-order valence-corrected chi connectivity index (χ2v) is 8.19. The zero-order chi connectivity index (χ0) is 17.2. The maximum absolute atomic E-state index is 13.0. The molecule has 2 saturated heterocycles. The molecule has 0 aromatic rings. The number of carbonyl (C=O) groups is 4. The van der Waals surface area contributed by atoms with E-state index in [1.54, 1.807) is 6.92 Å². The van der Waals surface area contributed by atoms with E-state index in [1.165, 1.54) is 0 Å². The molecule has 1 saturated carbocycles. The first kappa shape index (κ1) is 16.4. The average Bonchev–Trinajstić information content (AvgIpc) is 2.73. The van der Waals surface area contributed by atoms with E-state index >= 15 is 0 Å². The van der Waals surface area contributed by atoms with Gasteiger partial charge in [-0.2, -0.15) is 0 Å². The van der Waals surface area contributed by atoms with Gasteiger partial charge in [-0.25, -0.2) is 4.79 Å². The molecule has 5 atom stereocenters. The predicted octanol–water partition coefficient (Wildman–Crippen LogP) is -1.15. The van der Waals surface area contributed by atoms with Crippen molar-refractivity contribution in [2.75, 3.05) is 0 Å². The van der Waals surface area contributed by atoms with Gasteiger partial charge < -0.3 is 21.5 Å². The lowest BCUT2D eigenvalue weighted by molar-refractivity contribution is -0.175. The summed E-state index contributed by atoms with van der Waals surface area (Å²) in [6.45, 7) is 1.55. The van der Waals surface area contributed by atoms with E-state index in [-0.39, 0.29) is 25.0 Å². The molecule has 8 nitrogen and oxygen atoms in total. The lowest BCUT2D eigenvalue weighted by Crippen LogP contribution is -2.78. The number of hydrogen-bond acceptors (Lipinski definition) is 7. The summed E-state index contributed by atoms with van der Waals surface area (Å²) in [5.74, 6) is -2.86. The minimum Gasteiger partial charge on any atom is -0.479 e. The molecular formula is C14H19N3O5S. The third-order valence-electron chi connectivity index (χ3n) is 5.10. The van der Waals surface area contributed by atoms with E-state index < -0.39 is 45.4 Å². The summed E-state index contributed by atoms with van der Waals surface area (Å²) < 4.78 is -1.27. The minimum absolute atomic E-state index is 0.102. The molecule has 0 spiro atoms. The van der Waals surface area contributed by atoms with Crippen LogP contribution >= 0.6 is 11.8 Å². The lowest BCUT2D eigenvalue weighted by atomic mass is 9.72. The monoisotopic (exact) mass is 341 g/mol. The van der Waals surface area contributed by atoms with Crippen LogP contribution in [0.2, 0.25) is 0 Å². The molecule has 2 aliphatic heterocycles. The Morgan fingerprint density at radius 2 is 2.00 bits per heavy atom. The third kappa shape index (κ3) is 1.87. The van der Waals surface area contributed by atoms with E-state index in [0.717, 1.165) is 16.7 Å². The quantitative estimate of drug-likeness (QED) is 0.400. The lowest BCUT2D eigenvalue weighted by Gasteiger charge is -2.48. The zero-order valence-electron chi connectivity index (χ0n) is 12.7. The number of amides is 1. The van der Waals surface area contributed by atoms with Gasteiger partial charge in [-0.3, -0.25) is 14.4 Å². The summed E-state index contributed by atoms with van der Waals surface area (Å²) in [6.07, 6.45) is 0.797. The Morgan fingerprint density at radius 3 is 2.61 bits per heavy atom. The van der Waals surface area contributed by atoms with Crippen LogP contribution in [0.1, 0.15) is 32.6 Å². The van der Waals surface area contributed by atoms with Crippen molar-refractivity contribution in [2.24, 2.45) is 11.5 Å². The molecule has 9 heteroatoms. The van der Waals surface area contributed by atoms with E-state index in [2.05, 4.69) is 0 Å². The van der Waals surface area contributed by atoms with Gasteiger partial charge in [-0.05, 0) is 19.8 Å². The fraction of sp³-hybridized carbons (Fsp3) is 0.714.